The predicted molar refractivity (Wildman–Crippen MR) is 99.9 cm³/mol. The Morgan fingerprint density at radius 3 is 2.83 bits per heavy atom. The molecule has 0 radical (unpaired) electrons. The zero-order valence-electron chi connectivity index (χ0n) is 12.8. The number of hydrogen-bond donors (Lipinski definition) is 2. The second-order valence-corrected chi connectivity index (χ2v) is 6.22. The van der Waals surface area contributed by atoms with E-state index in [4.69, 9.17) is 22.2 Å². The molecular weight excluding hydrogens is 390 g/mol. The molecule has 2 rings (SSSR count). The molecule has 0 bridgehead atoms. The van der Waals surface area contributed by atoms with Crippen molar-refractivity contribution in [1.82, 2.24) is 5.32 Å². The second kappa shape index (κ2) is 8.43. The molecule has 0 aliphatic rings. The Labute approximate surface area is 153 Å². The van der Waals surface area contributed by atoms with Crippen LogP contribution in [0.4, 0.5) is 5.69 Å². The first kappa shape index (κ1) is 17.9. The molecule has 0 atom stereocenters. The zero-order valence-corrected chi connectivity index (χ0v) is 15.2. The Morgan fingerprint density at radius 1 is 1.33 bits per heavy atom. The molecule has 2 aromatic rings. The van der Waals surface area contributed by atoms with Crippen molar-refractivity contribution in [3.05, 3.63) is 58.1 Å². The van der Waals surface area contributed by atoms with Gasteiger partial charge in [-0.15, -0.1) is 0 Å². The van der Waals surface area contributed by atoms with E-state index in [-0.39, 0.29) is 17.6 Å². The van der Waals surface area contributed by atoms with Crippen LogP contribution in [0.15, 0.2) is 46.9 Å². The van der Waals surface area contributed by atoms with E-state index in [9.17, 15) is 4.79 Å². The van der Waals surface area contributed by atoms with Crippen molar-refractivity contribution in [2.24, 2.45) is 0 Å². The summed E-state index contributed by atoms with van der Waals surface area (Å²) in [5.74, 6) is 0.264. The summed E-state index contributed by atoms with van der Waals surface area (Å²) in [6.45, 7) is 1.74. The average Bonchev–Trinajstić information content (AvgIpc) is 2.54. The summed E-state index contributed by atoms with van der Waals surface area (Å²) in [5, 5.41) is 14.4. The molecular formula is C17H14BrN3O2S. The first-order valence-corrected chi connectivity index (χ1v) is 8.18. The monoisotopic (exact) mass is 403 g/mol. The first-order chi connectivity index (χ1) is 11.5. The van der Waals surface area contributed by atoms with Crippen LogP contribution in [0.5, 0.6) is 5.75 Å². The zero-order chi connectivity index (χ0) is 17.5. The Kier molecular flexibility index (Phi) is 6.29. The number of thiocarbonyl (C=S) groups is 1. The summed E-state index contributed by atoms with van der Waals surface area (Å²) in [4.78, 5) is 11.9. The number of aryl methyl sites for hydroxylation is 1. The maximum Gasteiger partial charge on any atom is 0.264 e. The standard InChI is InChI=1S/C17H14BrN3O2S/c1-11-7-13(18)5-6-15(11)23-10-16(22)21-17(24)20-14-4-2-3-12(8-14)9-19/h2-8H,10H2,1H3,(H2,20,21,22,24). The highest BCUT2D eigenvalue weighted by atomic mass is 79.9. The van der Waals surface area contributed by atoms with Crippen LogP contribution < -0.4 is 15.4 Å². The highest BCUT2D eigenvalue weighted by molar-refractivity contribution is 9.10. The molecule has 122 valence electrons. The summed E-state index contributed by atoms with van der Waals surface area (Å²) in [5.41, 5.74) is 2.05. The summed E-state index contributed by atoms with van der Waals surface area (Å²) in [7, 11) is 0. The maximum absolute atomic E-state index is 11.9. The van der Waals surface area contributed by atoms with Gasteiger partial charge in [0, 0.05) is 10.2 Å². The van der Waals surface area contributed by atoms with Crippen molar-refractivity contribution in [2.45, 2.75) is 6.92 Å². The van der Waals surface area contributed by atoms with Crippen molar-refractivity contribution in [3.8, 4) is 11.8 Å². The minimum Gasteiger partial charge on any atom is -0.483 e. The van der Waals surface area contributed by atoms with Crippen molar-refractivity contribution in [3.63, 3.8) is 0 Å². The fraction of sp³-hybridized carbons (Fsp3) is 0.118. The Bertz CT molecular complexity index is 818. The fourth-order valence-electron chi connectivity index (χ4n) is 1.91. The van der Waals surface area contributed by atoms with Crippen LogP contribution in [0.2, 0.25) is 0 Å². The summed E-state index contributed by atoms with van der Waals surface area (Å²) in [6, 6.07) is 14.4. The minimum absolute atomic E-state index is 0.145. The Morgan fingerprint density at radius 2 is 2.12 bits per heavy atom. The van der Waals surface area contributed by atoms with E-state index in [0.717, 1.165) is 10.0 Å². The number of nitriles is 1. The lowest BCUT2D eigenvalue weighted by Gasteiger charge is -2.11. The number of benzene rings is 2. The van der Waals surface area contributed by atoms with Gasteiger partial charge in [0.1, 0.15) is 5.75 Å². The third-order valence-corrected chi connectivity index (χ3v) is 3.70. The molecule has 24 heavy (non-hydrogen) atoms. The van der Waals surface area contributed by atoms with Gasteiger partial charge in [0.2, 0.25) is 0 Å². The lowest BCUT2D eigenvalue weighted by molar-refractivity contribution is -0.121. The number of amides is 1. The van der Waals surface area contributed by atoms with Gasteiger partial charge in [0.25, 0.3) is 5.91 Å². The molecule has 0 unspecified atom stereocenters. The molecule has 0 aliphatic heterocycles. The number of carbonyl (C=O) groups is 1. The summed E-state index contributed by atoms with van der Waals surface area (Å²) in [6.07, 6.45) is 0. The number of halogens is 1. The molecule has 0 saturated heterocycles. The van der Waals surface area contributed by atoms with Crippen LogP contribution in [0.3, 0.4) is 0 Å². The van der Waals surface area contributed by atoms with Crippen LogP contribution in [0, 0.1) is 18.3 Å². The van der Waals surface area contributed by atoms with Gasteiger partial charge < -0.3 is 10.1 Å². The van der Waals surface area contributed by atoms with Gasteiger partial charge in [-0.25, -0.2) is 0 Å². The lowest BCUT2D eigenvalue weighted by Crippen LogP contribution is -2.37. The molecule has 0 spiro atoms. The Balaban J connectivity index is 1.85. The smallest absolute Gasteiger partial charge is 0.264 e. The average molecular weight is 404 g/mol. The normalized spacial score (nSPS) is 9.71. The highest BCUT2D eigenvalue weighted by Crippen LogP contribution is 2.21. The largest absolute Gasteiger partial charge is 0.483 e. The van der Waals surface area contributed by atoms with E-state index in [2.05, 4.69) is 26.6 Å². The van der Waals surface area contributed by atoms with Gasteiger partial charge in [-0.3, -0.25) is 10.1 Å². The molecule has 2 N–H and O–H groups in total. The number of rotatable bonds is 4. The number of ether oxygens (including phenoxy) is 1. The summed E-state index contributed by atoms with van der Waals surface area (Å²) >= 11 is 8.45. The van der Waals surface area contributed by atoms with Gasteiger partial charge in [0.05, 0.1) is 11.6 Å². The van der Waals surface area contributed by atoms with Crippen LogP contribution in [0.25, 0.3) is 0 Å². The quantitative estimate of drug-likeness (QED) is 0.763. The maximum atomic E-state index is 11.9. The molecule has 0 saturated carbocycles. The van der Waals surface area contributed by atoms with Crippen molar-refractivity contribution in [2.75, 3.05) is 11.9 Å². The first-order valence-electron chi connectivity index (χ1n) is 6.98. The van der Waals surface area contributed by atoms with Gasteiger partial charge in [-0.05, 0) is 61.1 Å². The number of nitrogens with one attached hydrogen (secondary N) is 2. The third kappa shape index (κ3) is 5.33. The molecule has 0 aromatic heterocycles. The summed E-state index contributed by atoms with van der Waals surface area (Å²) < 4.78 is 6.42. The van der Waals surface area contributed by atoms with Gasteiger partial charge in [-0.2, -0.15) is 5.26 Å². The molecule has 7 heteroatoms. The number of nitrogens with zero attached hydrogens (tertiary/aromatic N) is 1. The van der Waals surface area contributed by atoms with Crippen LogP contribution in [-0.2, 0) is 4.79 Å². The number of carbonyl (C=O) groups excluding carboxylic acids is 1. The van der Waals surface area contributed by atoms with Crippen molar-refractivity contribution in [1.29, 1.82) is 5.26 Å². The fourth-order valence-corrected chi connectivity index (χ4v) is 2.62. The van der Waals surface area contributed by atoms with Crippen LogP contribution >= 0.6 is 28.1 Å². The molecule has 1 amide bonds. The van der Waals surface area contributed by atoms with Gasteiger partial charge in [-0.1, -0.05) is 22.0 Å². The highest BCUT2D eigenvalue weighted by Gasteiger charge is 2.08. The minimum atomic E-state index is -0.369. The van der Waals surface area contributed by atoms with E-state index in [1.165, 1.54) is 0 Å². The molecule has 5 nitrogen and oxygen atoms in total. The molecule has 2 aromatic carbocycles. The van der Waals surface area contributed by atoms with Crippen LogP contribution in [-0.4, -0.2) is 17.6 Å². The van der Waals surface area contributed by atoms with Crippen molar-refractivity contribution < 1.29 is 9.53 Å². The Hall–Kier alpha value is -2.43. The van der Waals surface area contributed by atoms with Gasteiger partial charge >= 0.3 is 0 Å². The van der Waals surface area contributed by atoms with E-state index >= 15 is 0 Å². The second-order valence-electron chi connectivity index (χ2n) is 4.89. The SMILES string of the molecule is Cc1cc(Br)ccc1OCC(=O)NC(=S)Nc1cccc(C#N)c1. The number of anilines is 1. The molecule has 0 heterocycles. The number of hydrogen-bond acceptors (Lipinski definition) is 4. The van der Waals surface area contributed by atoms with E-state index < -0.39 is 0 Å². The van der Waals surface area contributed by atoms with Crippen molar-refractivity contribution >= 4 is 44.9 Å². The molecule has 0 aliphatic carbocycles. The topological polar surface area (TPSA) is 74.2 Å². The molecule has 0 fully saturated rings. The third-order valence-electron chi connectivity index (χ3n) is 3.00. The van der Waals surface area contributed by atoms with Crippen LogP contribution in [0.1, 0.15) is 11.1 Å². The predicted octanol–water partition coefficient (Wildman–Crippen LogP) is 3.52. The lowest BCUT2D eigenvalue weighted by atomic mass is 10.2. The van der Waals surface area contributed by atoms with E-state index in [1.54, 1.807) is 30.3 Å². The van der Waals surface area contributed by atoms with E-state index in [0.29, 0.717) is 17.0 Å². The van der Waals surface area contributed by atoms with Gasteiger partial charge in [0.15, 0.2) is 11.7 Å². The van der Waals surface area contributed by atoms with E-state index in [1.807, 2.05) is 25.1 Å².